The molecule has 0 bridgehead atoms. The topological polar surface area (TPSA) is 130 Å². The molecule has 174 valence electrons. The van der Waals surface area contributed by atoms with Gasteiger partial charge >= 0.3 is 0 Å². The van der Waals surface area contributed by atoms with Crippen molar-refractivity contribution in [3.8, 4) is 11.8 Å². The number of rotatable bonds is 8. The summed E-state index contributed by atoms with van der Waals surface area (Å²) in [7, 11) is 0. The van der Waals surface area contributed by atoms with Crippen molar-refractivity contribution in [2.45, 2.75) is 52.5 Å². The molecule has 0 unspecified atom stereocenters. The van der Waals surface area contributed by atoms with Crippen molar-refractivity contribution < 1.29 is 4.42 Å². The molecule has 0 saturated heterocycles. The second-order valence-corrected chi connectivity index (χ2v) is 8.66. The molecule has 3 aromatic rings. The minimum Gasteiger partial charge on any atom is -0.443 e. The summed E-state index contributed by atoms with van der Waals surface area (Å²) in [5.41, 5.74) is 8.05. The maximum atomic E-state index is 9.56. The van der Waals surface area contributed by atoms with Crippen molar-refractivity contribution in [2.24, 2.45) is 4.99 Å². The lowest BCUT2D eigenvalue weighted by molar-refractivity contribution is 0.383. The van der Waals surface area contributed by atoms with Crippen LogP contribution in [0.5, 0.6) is 0 Å². The largest absolute Gasteiger partial charge is 0.443 e. The number of nitrogen functional groups attached to an aromatic ring is 1. The third-order valence-electron chi connectivity index (χ3n) is 5.00. The SMILES string of the molecule is CCNC(=NCc1ncc(C(C)(C)C)o1)NCCCc1nn(-c2ccccc2)c(N)c1C#N. The minimum absolute atomic E-state index is 0.0864. The summed E-state index contributed by atoms with van der Waals surface area (Å²) in [6.45, 7) is 10.0. The Morgan fingerprint density at radius 1 is 1.24 bits per heavy atom. The Balaban J connectivity index is 1.59. The van der Waals surface area contributed by atoms with Gasteiger partial charge in [0.2, 0.25) is 5.89 Å². The lowest BCUT2D eigenvalue weighted by Crippen LogP contribution is -2.37. The van der Waals surface area contributed by atoms with Gasteiger partial charge in [-0.2, -0.15) is 10.4 Å². The van der Waals surface area contributed by atoms with Crippen molar-refractivity contribution in [2.75, 3.05) is 18.8 Å². The predicted octanol–water partition coefficient (Wildman–Crippen LogP) is 3.30. The van der Waals surface area contributed by atoms with Gasteiger partial charge in [-0.15, -0.1) is 0 Å². The molecule has 9 heteroatoms. The number of aromatic nitrogens is 3. The van der Waals surface area contributed by atoms with E-state index in [1.165, 1.54) is 0 Å². The van der Waals surface area contributed by atoms with E-state index in [2.05, 4.69) is 52.5 Å². The van der Waals surface area contributed by atoms with Crippen molar-refractivity contribution >= 4 is 11.8 Å². The van der Waals surface area contributed by atoms with Crippen LogP contribution in [0.25, 0.3) is 5.69 Å². The summed E-state index contributed by atoms with van der Waals surface area (Å²) in [5, 5.41) is 20.7. The third kappa shape index (κ3) is 6.13. The van der Waals surface area contributed by atoms with Gasteiger partial charge < -0.3 is 20.8 Å². The Labute approximate surface area is 194 Å². The first-order chi connectivity index (χ1) is 15.8. The predicted molar refractivity (Wildman–Crippen MR) is 129 cm³/mol. The molecule has 0 aliphatic heterocycles. The van der Waals surface area contributed by atoms with E-state index in [4.69, 9.17) is 10.2 Å². The average molecular weight is 449 g/mol. The molecule has 3 rings (SSSR count). The fourth-order valence-electron chi connectivity index (χ4n) is 3.22. The van der Waals surface area contributed by atoms with E-state index in [0.717, 1.165) is 24.4 Å². The number of anilines is 1. The van der Waals surface area contributed by atoms with Crippen molar-refractivity contribution in [1.29, 1.82) is 5.26 Å². The van der Waals surface area contributed by atoms with Crippen molar-refractivity contribution in [1.82, 2.24) is 25.4 Å². The molecule has 33 heavy (non-hydrogen) atoms. The molecule has 0 aliphatic rings. The molecule has 0 aliphatic carbocycles. The molecule has 2 aromatic heterocycles. The normalized spacial score (nSPS) is 11.9. The molecule has 0 amide bonds. The molecule has 0 saturated carbocycles. The Hall–Kier alpha value is -3.80. The van der Waals surface area contributed by atoms with Gasteiger partial charge in [0.25, 0.3) is 0 Å². The van der Waals surface area contributed by atoms with E-state index < -0.39 is 0 Å². The van der Waals surface area contributed by atoms with E-state index in [1.807, 2.05) is 37.3 Å². The summed E-state index contributed by atoms with van der Waals surface area (Å²) < 4.78 is 7.43. The molecule has 2 heterocycles. The molecule has 9 nitrogen and oxygen atoms in total. The maximum Gasteiger partial charge on any atom is 0.216 e. The second kappa shape index (κ2) is 10.7. The zero-order valence-corrected chi connectivity index (χ0v) is 19.7. The van der Waals surface area contributed by atoms with Crippen LogP contribution in [0.15, 0.2) is 45.9 Å². The highest BCUT2D eigenvalue weighted by Gasteiger charge is 2.19. The number of nitriles is 1. The van der Waals surface area contributed by atoms with Gasteiger partial charge in [-0.3, -0.25) is 0 Å². The van der Waals surface area contributed by atoms with Crippen LogP contribution in [-0.2, 0) is 18.4 Å². The van der Waals surface area contributed by atoms with Gasteiger partial charge in [0.05, 0.1) is 17.6 Å². The smallest absolute Gasteiger partial charge is 0.216 e. The fourth-order valence-corrected chi connectivity index (χ4v) is 3.22. The zero-order valence-electron chi connectivity index (χ0n) is 19.7. The number of aliphatic imine (C=N–C) groups is 1. The second-order valence-electron chi connectivity index (χ2n) is 8.66. The Morgan fingerprint density at radius 3 is 2.64 bits per heavy atom. The van der Waals surface area contributed by atoms with Gasteiger partial charge in [0, 0.05) is 18.5 Å². The number of aryl methyl sites for hydroxylation is 1. The van der Waals surface area contributed by atoms with Crippen LogP contribution in [0.3, 0.4) is 0 Å². The number of hydrogen-bond donors (Lipinski definition) is 3. The molecule has 0 spiro atoms. The van der Waals surface area contributed by atoms with Crippen molar-refractivity contribution in [3.05, 3.63) is 59.4 Å². The first-order valence-electron chi connectivity index (χ1n) is 11.1. The lowest BCUT2D eigenvalue weighted by atomic mass is 9.94. The molecular weight excluding hydrogens is 416 g/mol. The van der Waals surface area contributed by atoms with Crippen LogP contribution >= 0.6 is 0 Å². The zero-order chi connectivity index (χ0) is 23.8. The summed E-state index contributed by atoms with van der Waals surface area (Å²) in [5.74, 6) is 2.47. The lowest BCUT2D eigenvalue weighted by Gasteiger charge is -2.13. The Kier molecular flexibility index (Phi) is 7.72. The van der Waals surface area contributed by atoms with Gasteiger partial charge in [-0.1, -0.05) is 39.0 Å². The quantitative estimate of drug-likeness (QED) is 0.274. The third-order valence-corrected chi connectivity index (χ3v) is 5.00. The number of nitrogens with zero attached hydrogens (tertiary/aromatic N) is 5. The summed E-state index contributed by atoms with van der Waals surface area (Å²) in [6, 6.07) is 11.8. The first-order valence-corrected chi connectivity index (χ1v) is 11.1. The number of hydrogen-bond acceptors (Lipinski definition) is 6. The average Bonchev–Trinajstić information content (AvgIpc) is 3.40. The highest BCUT2D eigenvalue weighted by Crippen LogP contribution is 2.23. The first kappa shape index (κ1) is 23.9. The van der Waals surface area contributed by atoms with Gasteiger partial charge in [-0.25, -0.2) is 14.7 Å². The Bertz CT molecular complexity index is 1120. The molecule has 0 radical (unpaired) electrons. The van der Waals surface area contributed by atoms with E-state index in [-0.39, 0.29) is 5.41 Å². The van der Waals surface area contributed by atoms with Crippen LogP contribution < -0.4 is 16.4 Å². The van der Waals surface area contributed by atoms with E-state index in [9.17, 15) is 5.26 Å². The van der Waals surface area contributed by atoms with Crippen LogP contribution in [0.2, 0.25) is 0 Å². The maximum absolute atomic E-state index is 9.56. The standard InChI is InChI=1S/C24H32N8O/c1-5-27-23(30-16-21-29-15-20(33-21)24(2,3)4)28-13-9-12-19-18(14-25)22(26)32(31-19)17-10-7-6-8-11-17/h6-8,10-11,15H,5,9,12-13,16,26H2,1-4H3,(H2,27,28,30). The highest BCUT2D eigenvalue weighted by atomic mass is 16.4. The molecular formula is C24H32N8O. The number of nitrogens with one attached hydrogen (secondary N) is 2. The highest BCUT2D eigenvalue weighted by molar-refractivity contribution is 5.79. The minimum atomic E-state index is -0.0864. The monoisotopic (exact) mass is 448 g/mol. The van der Waals surface area contributed by atoms with Crippen LogP contribution in [0.1, 0.15) is 57.0 Å². The van der Waals surface area contributed by atoms with Gasteiger partial charge in [0.15, 0.2) is 5.96 Å². The fraction of sp³-hybridized carbons (Fsp3) is 0.417. The molecule has 0 atom stereocenters. The summed E-state index contributed by atoms with van der Waals surface area (Å²) in [6.07, 6.45) is 3.14. The van der Waals surface area contributed by atoms with Crippen LogP contribution in [-0.4, -0.2) is 33.8 Å². The number of oxazole rings is 1. The molecule has 0 fully saturated rings. The number of nitrogens with two attached hydrogens (primary N) is 1. The number of para-hydroxylation sites is 1. The summed E-state index contributed by atoms with van der Waals surface area (Å²) >= 11 is 0. The Morgan fingerprint density at radius 2 is 2.00 bits per heavy atom. The van der Waals surface area contributed by atoms with Crippen LogP contribution in [0, 0.1) is 11.3 Å². The molecule has 1 aromatic carbocycles. The van der Waals surface area contributed by atoms with Gasteiger partial charge in [-0.05, 0) is 31.9 Å². The van der Waals surface area contributed by atoms with E-state index >= 15 is 0 Å². The van der Waals surface area contributed by atoms with Crippen LogP contribution in [0.4, 0.5) is 5.82 Å². The van der Waals surface area contributed by atoms with Crippen molar-refractivity contribution in [3.63, 3.8) is 0 Å². The van der Waals surface area contributed by atoms with E-state index in [1.54, 1.807) is 10.9 Å². The van der Waals surface area contributed by atoms with E-state index in [0.29, 0.717) is 48.4 Å². The number of guanidine groups is 1. The summed E-state index contributed by atoms with van der Waals surface area (Å²) in [4.78, 5) is 8.88. The van der Waals surface area contributed by atoms with Gasteiger partial charge in [0.1, 0.15) is 29.8 Å². The molecule has 4 N–H and O–H groups in total. The number of benzene rings is 1.